The SMILES string of the molecule is N#CCCCCOc1ccc(S(=O)(=O)Cl)cc1. The molecule has 4 nitrogen and oxygen atoms in total. The average molecular weight is 274 g/mol. The topological polar surface area (TPSA) is 67.2 Å². The van der Waals surface area contributed by atoms with Crippen LogP contribution in [0.2, 0.25) is 0 Å². The summed E-state index contributed by atoms with van der Waals surface area (Å²) in [5.41, 5.74) is 0. The second-order valence-electron chi connectivity index (χ2n) is 3.37. The minimum Gasteiger partial charge on any atom is -0.494 e. The molecule has 1 rings (SSSR count). The van der Waals surface area contributed by atoms with Crippen LogP contribution in [0.3, 0.4) is 0 Å². The van der Waals surface area contributed by atoms with E-state index in [9.17, 15) is 8.42 Å². The van der Waals surface area contributed by atoms with E-state index in [1.807, 2.05) is 0 Å². The van der Waals surface area contributed by atoms with Crippen LogP contribution in [0, 0.1) is 11.3 Å². The Morgan fingerprint density at radius 2 is 1.88 bits per heavy atom. The lowest BCUT2D eigenvalue weighted by Crippen LogP contribution is -1.97. The summed E-state index contributed by atoms with van der Waals surface area (Å²) in [6.45, 7) is 0.509. The third kappa shape index (κ3) is 5.07. The summed E-state index contributed by atoms with van der Waals surface area (Å²) < 4.78 is 27.3. The summed E-state index contributed by atoms with van der Waals surface area (Å²) in [7, 11) is 1.50. The summed E-state index contributed by atoms with van der Waals surface area (Å²) in [6, 6.07) is 7.96. The van der Waals surface area contributed by atoms with E-state index < -0.39 is 9.05 Å². The number of benzene rings is 1. The van der Waals surface area contributed by atoms with Crippen molar-refractivity contribution in [3.05, 3.63) is 24.3 Å². The molecule has 0 saturated carbocycles. The smallest absolute Gasteiger partial charge is 0.261 e. The number of ether oxygens (including phenoxy) is 1. The number of nitriles is 1. The van der Waals surface area contributed by atoms with E-state index in [1.54, 1.807) is 12.1 Å². The van der Waals surface area contributed by atoms with E-state index in [1.165, 1.54) is 12.1 Å². The molecule has 92 valence electrons. The Kier molecular flexibility index (Phi) is 5.26. The maximum absolute atomic E-state index is 11.0. The Bertz CT molecular complexity index is 490. The van der Waals surface area contributed by atoms with Crippen molar-refractivity contribution in [1.82, 2.24) is 0 Å². The van der Waals surface area contributed by atoms with Gasteiger partial charge in [-0.2, -0.15) is 5.26 Å². The van der Waals surface area contributed by atoms with Gasteiger partial charge in [-0.05, 0) is 37.1 Å². The number of rotatable bonds is 6. The molecule has 0 spiro atoms. The van der Waals surface area contributed by atoms with Gasteiger partial charge in [0.05, 0.1) is 17.6 Å². The second kappa shape index (κ2) is 6.48. The molecule has 0 heterocycles. The molecule has 0 unspecified atom stereocenters. The first kappa shape index (κ1) is 13.8. The zero-order valence-electron chi connectivity index (χ0n) is 9.10. The van der Waals surface area contributed by atoms with Crippen molar-refractivity contribution in [3.8, 4) is 11.8 Å². The van der Waals surface area contributed by atoms with Crippen LogP contribution in [0.1, 0.15) is 19.3 Å². The zero-order valence-corrected chi connectivity index (χ0v) is 10.7. The molecule has 0 N–H and O–H groups in total. The fourth-order valence-electron chi connectivity index (χ4n) is 1.19. The molecule has 0 amide bonds. The summed E-state index contributed by atoms with van der Waals surface area (Å²) in [4.78, 5) is 0.0518. The van der Waals surface area contributed by atoms with Gasteiger partial charge in [-0.1, -0.05) is 0 Å². The maximum atomic E-state index is 11.0. The number of hydrogen-bond acceptors (Lipinski definition) is 4. The van der Waals surface area contributed by atoms with Crippen LogP contribution in [-0.4, -0.2) is 15.0 Å². The lowest BCUT2D eigenvalue weighted by molar-refractivity contribution is 0.307. The third-order valence-electron chi connectivity index (χ3n) is 2.06. The van der Waals surface area contributed by atoms with Crippen molar-refractivity contribution in [1.29, 1.82) is 5.26 Å². The van der Waals surface area contributed by atoms with Gasteiger partial charge in [0, 0.05) is 17.1 Å². The summed E-state index contributed by atoms with van der Waals surface area (Å²) in [5.74, 6) is 0.589. The molecular formula is C11H12ClNO3S. The summed E-state index contributed by atoms with van der Waals surface area (Å²) in [5, 5.41) is 8.33. The van der Waals surface area contributed by atoms with Crippen molar-refractivity contribution in [2.24, 2.45) is 0 Å². The molecule has 17 heavy (non-hydrogen) atoms. The van der Waals surface area contributed by atoms with Crippen LogP contribution >= 0.6 is 10.7 Å². The number of hydrogen-bond donors (Lipinski definition) is 0. The highest BCUT2D eigenvalue weighted by molar-refractivity contribution is 8.13. The van der Waals surface area contributed by atoms with E-state index in [0.29, 0.717) is 18.8 Å². The number of unbranched alkanes of at least 4 members (excludes halogenated alkanes) is 2. The van der Waals surface area contributed by atoms with Gasteiger partial charge < -0.3 is 4.74 Å². The Morgan fingerprint density at radius 1 is 1.24 bits per heavy atom. The van der Waals surface area contributed by atoms with Crippen LogP contribution in [0.15, 0.2) is 29.2 Å². The minimum absolute atomic E-state index is 0.0518. The van der Waals surface area contributed by atoms with Crippen LogP contribution in [0.5, 0.6) is 5.75 Å². The van der Waals surface area contributed by atoms with Crippen molar-refractivity contribution in [2.75, 3.05) is 6.61 Å². The van der Waals surface area contributed by atoms with E-state index in [4.69, 9.17) is 20.7 Å². The molecule has 0 atom stereocenters. The molecule has 0 aliphatic heterocycles. The van der Waals surface area contributed by atoms with Gasteiger partial charge in [0.25, 0.3) is 9.05 Å². The highest BCUT2D eigenvalue weighted by Crippen LogP contribution is 2.19. The standard InChI is InChI=1S/C11H12ClNO3S/c12-17(14,15)11-6-4-10(5-7-11)16-9-3-1-2-8-13/h4-7H,1-3,9H2. The molecule has 0 aliphatic carbocycles. The maximum Gasteiger partial charge on any atom is 0.261 e. The first-order valence-electron chi connectivity index (χ1n) is 5.08. The number of halogens is 1. The fourth-order valence-corrected chi connectivity index (χ4v) is 1.96. The molecule has 1 aromatic carbocycles. The van der Waals surface area contributed by atoms with Crippen molar-refractivity contribution < 1.29 is 13.2 Å². The lowest BCUT2D eigenvalue weighted by Gasteiger charge is -2.05. The molecule has 0 radical (unpaired) electrons. The molecule has 0 aliphatic rings. The predicted molar refractivity (Wildman–Crippen MR) is 64.4 cm³/mol. The Hall–Kier alpha value is -1.25. The molecule has 0 bridgehead atoms. The van der Waals surface area contributed by atoms with Gasteiger partial charge in [0.15, 0.2) is 0 Å². The van der Waals surface area contributed by atoms with Gasteiger partial charge in [0.1, 0.15) is 5.75 Å². The predicted octanol–water partition coefficient (Wildman–Crippen LogP) is 2.69. The molecular weight excluding hydrogens is 262 g/mol. The Balaban J connectivity index is 2.44. The van der Waals surface area contributed by atoms with Crippen LogP contribution < -0.4 is 4.74 Å². The first-order valence-corrected chi connectivity index (χ1v) is 7.39. The van der Waals surface area contributed by atoms with Crippen LogP contribution in [-0.2, 0) is 9.05 Å². The second-order valence-corrected chi connectivity index (χ2v) is 5.94. The van der Waals surface area contributed by atoms with E-state index in [2.05, 4.69) is 6.07 Å². The molecule has 0 aromatic heterocycles. The van der Waals surface area contributed by atoms with Gasteiger partial charge in [-0.3, -0.25) is 0 Å². The lowest BCUT2D eigenvalue weighted by atomic mass is 10.2. The summed E-state index contributed by atoms with van der Waals surface area (Å²) in [6.07, 6.45) is 2.11. The van der Waals surface area contributed by atoms with Crippen molar-refractivity contribution in [3.63, 3.8) is 0 Å². The Morgan fingerprint density at radius 3 is 2.41 bits per heavy atom. The summed E-state index contributed by atoms with van der Waals surface area (Å²) >= 11 is 0. The van der Waals surface area contributed by atoms with Crippen LogP contribution in [0.25, 0.3) is 0 Å². The third-order valence-corrected chi connectivity index (χ3v) is 3.43. The van der Waals surface area contributed by atoms with E-state index in [0.717, 1.165) is 12.8 Å². The van der Waals surface area contributed by atoms with E-state index >= 15 is 0 Å². The largest absolute Gasteiger partial charge is 0.494 e. The Labute approximate surface area is 105 Å². The normalized spacial score (nSPS) is 10.8. The quantitative estimate of drug-likeness (QED) is 0.590. The van der Waals surface area contributed by atoms with E-state index in [-0.39, 0.29) is 4.90 Å². The first-order chi connectivity index (χ1) is 8.04. The van der Waals surface area contributed by atoms with Crippen molar-refractivity contribution >= 4 is 19.7 Å². The van der Waals surface area contributed by atoms with Gasteiger partial charge in [-0.25, -0.2) is 8.42 Å². The minimum atomic E-state index is -3.67. The van der Waals surface area contributed by atoms with Gasteiger partial charge >= 0.3 is 0 Å². The number of nitrogens with zero attached hydrogens (tertiary/aromatic N) is 1. The van der Waals surface area contributed by atoms with Crippen molar-refractivity contribution in [2.45, 2.75) is 24.2 Å². The monoisotopic (exact) mass is 273 g/mol. The van der Waals surface area contributed by atoms with Crippen LogP contribution in [0.4, 0.5) is 0 Å². The fraction of sp³-hybridized carbons (Fsp3) is 0.364. The zero-order chi connectivity index (χ0) is 12.7. The molecule has 0 fully saturated rings. The average Bonchev–Trinajstić information content (AvgIpc) is 2.28. The molecule has 1 aromatic rings. The van der Waals surface area contributed by atoms with Gasteiger partial charge in [0.2, 0.25) is 0 Å². The molecule has 0 saturated heterocycles. The highest BCUT2D eigenvalue weighted by Gasteiger charge is 2.08. The van der Waals surface area contributed by atoms with Gasteiger partial charge in [-0.15, -0.1) is 0 Å². The highest BCUT2D eigenvalue weighted by atomic mass is 35.7. The molecule has 6 heteroatoms.